The van der Waals surface area contributed by atoms with Crippen LogP contribution in [-0.2, 0) is 0 Å². The minimum Gasteiger partial charge on any atom is -0.507 e. The maximum atomic E-state index is 10.4. The fraction of sp³-hybridized carbons (Fsp3) is 0.300. The third kappa shape index (κ3) is 3.48. The molecular formula is C20H22N4O2. The molecule has 0 spiro atoms. The number of aromatic hydroxyl groups is 1. The molecule has 134 valence electrons. The second-order valence-electron chi connectivity index (χ2n) is 6.26. The lowest BCUT2D eigenvalue weighted by Gasteiger charge is -2.25. The van der Waals surface area contributed by atoms with Crippen molar-refractivity contribution in [2.45, 2.75) is 18.8 Å². The lowest BCUT2D eigenvalue weighted by molar-refractivity contribution is 0.361. The molecule has 0 aliphatic carbocycles. The van der Waals surface area contributed by atoms with Gasteiger partial charge in [0.05, 0.1) is 16.8 Å². The van der Waals surface area contributed by atoms with Gasteiger partial charge in [0, 0.05) is 6.54 Å². The minimum absolute atomic E-state index is 0.0517. The molecule has 1 aromatic carbocycles. The smallest absolute Gasteiger partial charge is 0.142 e. The Labute approximate surface area is 152 Å². The summed E-state index contributed by atoms with van der Waals surface area (Å²) in [5.74, 6) is 0.902. The SMILES string of the molecule is C=CCOc1cccc(O)c1-c1cc(C2CCCNC2)c(C#N)c(N)n1. The zero-order valence-electron chi connectivity index (χ0n) is 14.5. The van der Waals surface area contributed by atoms with Crippen LogP contribution < -0.4 is 15.8 Å². The molecule has 0 saturated carbocycles. The number of nitrogen functional groups attached to an aromatic ring is 1. The molecular weight excluding hydrogens is 328 g/mol. The summed E-state index contributed by atoms with van der Waals surface area (Å²) in [6.45, 7) is 5.72. The molecule has 0 bridgehead atoms. The van der Waals surface area contributed by atoms with Crippen molar-refractivity contribution in [2.24, 2.45) is 0 Å². The van der Waals surface area contributed by atoms with Crippen molar-refractivity contribution >= 4 is 5.82 Å². The van der Waals surface area contributed by atoms with Gasteiger partial charge in [-0.1, -0.05) is 18.7 Å². The number of nitriles is 1. The van der Waals surface area contributed by atoms with Gasteiger partial charge in [-0.25, -0.2) is 4.98 Å². The highest BCUT2D eigenvalue weighted by Crippen LogP contribution is 2.40. The van der Waals surface area contributed by atoms with E-state index in [2.05, 4.69) is 22.9 Å². The molecule has 6 nitrogen and oxygen atoms in total. The standard InChI is InChI=1S/C20H22N4O2/c1-2-9-26-18-7-3-6-17(25)19(18)16-10-14(13-5-4-8-23-12-13)15(11-21)20(22)24-16/h2-3,6-7,10,13,23,25H,1,4-5,8-9,12H2,(H2,22,24). The molecule has 26 heavy (non-hydrogen) atoms. The monoisotopic (exact) mass is 350 g/mol. The van der Waals surface area contributed by atoms with E-state index in [0.29, 0.717) is 29.2 Å². The Kier molecular flexibility index (Phi) is 5.40. The molecule has 4 N–H and O–H groups in total. The van der Waals surface area contributed by atoms with Crippen molar-refractivity contribution in [3.8, 4) is 28.8 Å². The van der Waals surface area contributed by atoms with Gasteiger partial charge in [-0.05, 0) is 49.1 Å². The van der Waals surface area contributed by atoms with Crippen LogP contribution in [0.5, 0.6) is 11.5 Å². The third-order valence-electron chi connectivity index (χ3n) is 4.54. The van der Waals surface area contributed by atoms with Crippen LogP contribution in [0.25, 0.3) is 11.3 Å². The van der Waals surface area contributed by atoms with Crippen molar-refractivity contribution < 1.29 is 9.84 Å². The molecule has 1 unspecified atom stereocenters. The van der Waals surface area contributed by atoms with Crippen LogP contribution in [0.2, 0.25) is 0 Å². The van der Waals surface area contributed by atoms with E-state index >= 15 is 0 Å². The first-order chi connectivity index (χ1) is 12.7. The number of nitrogens with zero attached hydrogens (tertiary/aromatic N) is 2. The first-order valence-corrected chi connectivity index (χ1v) is 8.63. The second kappa shape index (κ2) is 7.89. The van der Waals surface area contributed by atoms with Crippen molar-refractivity contribution in [3.63, 3.8) is 0 Å². The number of rotatable bonds is 5. The van der Waals surface area contributed by atoms with Crippen molar-refractivity contribution in [3.05, 3.63) is 48.0 Å². The predicted octanol–water partition coefficient (Wildman–Crippen LogP) is 2.94. The largest absolute Gasteiger partial charge is 0.507 e. The summed E-state index contributed by atoms with van der Waals surface area (Å²) in [4.78, 5) is 4.37. The number of benzene rings is 1. The van der Waals surface area contributed by atoms with E-state index in [1.54, 1.807) is 24.3 Å². The number of aromatic nitrogens is 1. The maximum absolute atomic E-state index is 10.4. The fourth-order valence-corrected chi connectivity index (χ4v) is 3.32. The second-order valence-corrected chi connectivity index (χ2v) is 6.26. The Morgan fingerprint density at radius 3 is 3.04 bits per heavy atom. The van der Waals surface area contributed by atoms with Crippen molar-refractivity contribution in [1.29, 1.82) is 5.26 Å². The van der Waals surface area contributed by atoms with Crippen LogP contribution in [0.15, 0.2) is 36.9 Å². The summed E-state index contributed by atoms with van der Waals surface area (Å²) in [5.41, 5.74) is 8.32. The number of ether oxygens (including phenoxy) is 1. The highest BCUT2D eigenvalue weighted by Gasteiger charge is 2.23. The van der Waals surface area contributed by atoms with Gasteiger partial charge in [0.1, 0.15) is 30.0 Å². The number of nitrogens with one attached hydrogen (secondary N) is 1. The van der Waals surface area contributed by atoms with Crippen molar-refractivity contribution in [1.82, 2.24) is 10.3 Å². The Hall–Kier alpha value is -3.04. The lowest BCUT2D eigenvalue weighted by atomic mass is 9.88. The molecule has 1 atom stereocenters. The van der Waals surface area contributed by atoms with Gasteiger partial charge >= 0.3 is 0 Å². The molecule has 1 aliphatic heterocycles. The molecule has 0 radical (unpaired) electrons. The molecule has 1 aliphatic rings. The average molecular weight is 350 g/mol. The van der Waals surface area contributed by atoms with Crippen LogP contribution in [-0.4, -0.2) is 29.8 Å². The van der Waals surface area contributed by atoms with Crippen LogP contribution in [0.1, 0.15) is 29.9 Å². The Bertz CT molecular complexity index is 852. The number of pyridine rings is 1. The van der Waals surface area contributed by atoms with Gasteiger partial charge in [-0.3, -0.25) is 0 Å². The number of hydrogen-bond acceptors (Lipinski definition) is 6. The van der Waals surface area contributed by atoms with Gasteiger partial charge in [-0.15, -0.1) is 0 Å². The summed E-state index contributed by atoms with van der Waals surface area (Å²) < 4.78 is 5.67. The molecule has 0 amide bonds. The molecule has 1 saturated heterocycles. The lowest BCUT2D eigenvalue weighted by Crippen LogP contribution is -2.29. The fourth-order valence-electron chi connectivity index (χ4n) is 3.32. The highest BCUT2D eigenvalue weighted by atomic mass is 16.5. The summed E-state index contributed by atoms with van der Waals surface area (Å²) in [5, 5.41) is 23.3. The number of hydrogen-bond donors (Lipinski definition) is 3. The molecule has 1 aromatic heterocycles. The molecule has 6 heteroatoms. The number of anilines is 1. The molecule has 1 fully saturated rings. The number of nitrogens with two attached hydrogens (primary N) is 1. The first-order valence-electron chi connectivity index (χ1n) is 8.63. The molecule has 2 heterocycles. The van der Waals surface area contributed by atoms with Gasteiger partial charge in [0.25, 0.3) is 0 Å². The van der Waals surface area contributed by atoms with E-state index < -0.39 is 0 Å². The van der Waals surface area contributed by atoms with Crippen molar-refractivity contribution in [2.75, 3.05) is 25.4 Å². The summed E-state index contributed by atoms with van der Waals surface area (Å²) in [6.07, 6.45) is 3.65. The Morgan fingerprint density at radius 2 is 2.35 bits per heavy atom. The van der Waals surface area contributed by atoms with Crippen LogP contribution in [0.3, 0.4) is 0 Å². The van der Waals surface area contributed by atoms with Gasteiger partial charge in [-0.2, -0.15) is 5.26 Å². The van der Waals surface area contributed by atoms with E-state index in [-0.39, 0.29) is 17.5 Å². The average Bonchev–Trinajstić information content (AvgIpc) is 2.66. The zero-order valence-corrected chi connectivity index (χ0v) is 14.5. The zero-order chi connectivity index (χ0) is 18.5. The topological polar surface area (TPSA) is 104 Å². The normalized spacial score (nSPS) is 16.7. The van der Waals surface area contributed by atoms with E-state index in [0.717, 1.165) is 31.5 Å². The van der Waals surface area contributed by atoms with E-state index in [9.17, 15) is 10.4 Å². The maximum Gasteiger partial charge on any atom is 0.142 e. The highest BCUT2D eigenvalue weighted by molar-refractivity contribution is 5.76. The quantitative estimate of drug-likeness (QED) is 0.716. The third-order valence-corrected chi connectivity index (χ3v) is 4.54. The van der Waals surface area contributed by atoms with E-state index in [1.165, 1.54) is 0 Å². The minimum atomic E-state index is 0.0517. The van der Waals surface area contributed by atoms with Gasteiger partial charge in [0.15, 0.2) is 0 Å². The first kappa shape index (κ1) is 17.8. The van der Waals surface area contributed by atoms with E-state index in [1.807, 2.05) is 6.07 Å². The summed E-state index contributed by atoms with van der Waals surface area (Å²) >= 11 is 0. The van der Waals surface area contributed by atoms with Gasteiger partial charge in [0.2, 0.25) is 0 Å². The number of phenolic OH excluding ortho intramolecular Hbond substituents is 1. The van der Waals surface area contributed by atoms with Gasteiger partial charge < -0.3 is 20.9 Å². The Morgan fingerprint density at radius 1 is 1.50 bits per heavy atom. The summed E-state index contributed by atoms with van der Waals surface area (Å²) in [6, 6.07) is 9.07. The van der Waals surface area contributed by atoms with Crippen LogP contribution in [0, 0.1) is 11.3 Å². The van der Waals surface area contributed by atoms with E-state index in [4.69, 9.17) is 10.5 Å². The summed E-state index contributed by atoms with van der Waals surface area (Å²) in [7, 11) is 0. The van der Waals surface area contributed by atoms with Crippen LogP contribution >= 0.6 is 0 Å². The molecule has 3 rings (SSSR count). The van der Waals surface area contributed by atoms with Crippen LogP contribution in [0.4, 0.5) is 5.82 Å². The predicted molar refractivity (Wildman–Crippen MR) is 101 cm³/mol. The Balaban J connectivity index is 2.13. The number of piperidine rings is 1. The molecule has 2 aromatic rings. The number of phenols is 1.